The molecule has 1 aliphatic heterocycles. The van der Waals surface area contributed by atoms with Crippen molar-refractivity contribution in [2.45, 2.75) is 39.0 Å². The van der Waals surface area contributed by atoms with Crippen molar-refractivity contribution in [3.05, 3.63) is 35.9 Å². The van der Waals surface area contributed by atoms with E-state index in [4.69, 9.17) is 0 Å². The quantitative estimate of drug-likeness (QED) is 0.716. The summed E-state index contributed by atoms with van der Waals surface area (Å²) in [7, 11) is 0. The maximum absolute atomic E-state index is 2.65. The zero-order chi connectivity index (χ0) is 14.0. The molecule has 1 saturated heterocycles. The van der Waals surface area contributed by atoms with Crippen molar-refractivity contribution >= 4 is 0 Å². The zero-order valence-corrected chi connectivity index (χ0v) is 13.1. The molecule has 2 nitrogen and oxygen atoms in total. The van der Waals surface area contributed by atoms with Crippen molar-refractivity contribution in [1.82, 2.24) is 9.80 Å². The number of likely N-dealkylation sites (tertiary alicyclic amines) is 1. The number of piperidine rings is 1. The summed E-state index contributed by atoms with van der Waals surface area (Å²) in [6.07, 6.45) is 6.67. The average molecular weight is 274 g/mol. The third kappa shape index (κ3) is 5.64. The van der Waals surface area contributed by atoms with Crippen molar-refractivity contribution in [3.63, 3.8) is 0 Å². The van der Waals surface area contributed by atoms with Crippen LogP contribution in [0.2, 0.25) is 0 Å². The van der Waals surface area contributed by atoms with Crippen molar-refractivity contribution in [1.29, 1.82) is 0 Å². The molecule has 0 bridgehead atoms. The highest BCUT2D eigenvalue weighted by Crippen LogP contribution is 2.09. The predicted octanol–water partition coefficient (Wildman–Crippen LogP) is 3.43. The molecule has 1 aromatic rings. The van der Waals surface area contributed by atoms with Gasteiger partial charge in [-0.2, -0.15) is 0 Å². The van der Waals surface area contributed by atoms with Crippen molar-refractivity contribution in [3.8, 4) is 0 Å². The molecule has 0 spiro atoms. The van der Waals surface area contributed by atoms with Gasteiger partial charge in [-0.3, -0.25) is 0 Å². The lowest BCUT2D eigenvalue weighted by molar-refractivity contribution is 0.182. The lowest BCUT2D eigenvalue weighted by Gasteiger charge is -2.30. The van der Waals surface area contributed by atoms with Gasteiger partial charge in [0.25, 0.3) is 0 Å². The van der Waals surface area contributed by atoms with Gasteiger partial charge in [0.2, 0.25) is 0 Å². The Morgan fingerprint density at radius 2 is 1.70 bits per heavy atom. The minimum Gasteiger partial charge on any atom is -0.302 e. The van der Waals surface area contributed by atoms with E-state index < -0.39 is 0 Å². The minimum absolute atomic E-state index is 1.18. The zero-order valence-electron chi connectivity index (χ0n) is 13.1. The van der Waals surface area contributed by atoms with Gasteiger partial charge in [-0.15, -0.1) is 0 Å². The Bertz CT molecular complexity index is 344. The Kier molecular flexibility index (Phi) is 7.10. The molecule has 0 aliphatic carbocycles. The highest BCUT2D eigenvalue weighted by molar-refractivity contribution is 5.14. The van der Waals surface area contributed by atoms with E-state index in [0.29, 0.717) is 0 Å². The van der Waals surface area contributed by atoms with Gasteiger partial charge in [-0.1, -0.05) is 43.7 Å². The topological polar surface area (TPSA) is 6.48 Å². The van der Waals surface area contributed by atoms with Crippen molar-refractivity contribution in [2.24, 2.45) is 0 Å². The summed E-state index contributed by atoms with van der Waals surface area (Å²) in [5, 5.41) is 0. The molecule has 0 amide bonds. The number of hydrogen-bond acceptors (Lipinski definition) is 2. The van der Waals surface area contributed by atoms with E-state index in [1.807, 2.05) is 0 Å². The second kappa shape index (κ2) is 9.15. The maximum atomic E-state index is 2.65. The van der Waals surface area contributed by atoms with Crippen LogP contribution in [-0.4, -0.2) is 49.1 Å². The summed E-state index contributed by atoms with van der Waals surface area (Å²) in [6, 6.07) is 10.9. The highest BCUT2D eigenvalue weighted by Gasteiger charge is 2.11. The van der Waals surface area contributed by atoms with Gasteiger partial charge in [-0.05, 0) is 50.9 Å². The lowest BCUT2D eigenvalue weighted by Crippen LogP contribution is -2.38. The van der Waals surface area contributed by atoms with Gasteiger partial charge in [-0.25, -0.2) is 0 Å². The van der Waals surface area contributed by atoms with Crippen LogP contribution in [0.5, 0.6) is 0 Å². The van der Waals surface area contributed by atoms with Crippen LogP contribution in [0.15, 0.2) is 30.3 Å². The molecular formula is C18H30N2. The van der Waals surface area contributed by atoms with Crippen LogP contribution in [0.25, 0.3) is 0 Å². The molecule has 0 radical (unpaired) electrons. The molecule has 1 heterocycles. The Balaban J connectivity index is 1.71. The number of rotatable bonds is 8. The third-order valence-electron chi connectivity index (χ3n) is 4.28. The fourth-order valence-electron chi connectivity index (χ4n) is 3.05. The number of nitrogens with zero attached hydrogens (tertiary/aromatic N) is 2. The first-order valence-corrected chi connectivity index (χ1v) is 8.37. The van der Waals surface area contributed by atoms with E-state index in [0.717, 1.165) is 0 Å². The average Bonchev–Trinajstić information content (AvgIpc) is 2.52. The van der Waals surface area contributed by atoms with Crippen molar-refractivity contribution in [2.75, 3.05) is 39.3 Å². The Morgan fingerprint density at radius 1 is 0.950 bits per heavy atom. The molecule has 2 heteroatoms. The molecule has 112 valence electrons. The van der Waals surface area contributed by atoms with Crippen LogP contribution in [0, 0.1) is 0 Å². The first-order valence-electron chi connectivity index (χ1n) is 8.37. The number of benzene rings is 1. The second-order valence-electron chi connectivity index (χ2n) is 5.98. The summed E-state index contributed by atoms with van der Waals surface area (Å²) >= 11 is 0. The van der Waals surface area contributed by atoms with E-state index in [-0.39, 0.29) is 0 Å². The smallest absolute Gasteiger partial charge is 0.0109 e. The summed E-state index contributed by atoms with van der Waals surface area (Å²) in [5.41, 5.74) is 1.46. The second-order valence-corrected chi connectivity index (χ2v) is 5.98. The first kappa shape index (κ1) is 15.5. The van der Waals surface area contributed by atoms with E-state index in [2.05, 4.69) is 47.1 Å². The summed E-state index contributed by atoms with van der Waals surface area (Å²) < 4.78 is 0. The van der Waals surface area contributed by atoms with Gasteiger partial charge in [0, 0.05) is 19.6 Å². The van der Waals surface area contributed by atoms with Crippen LogP contribution in [-0.2, 0) is 6.42 Å². The van der Waals surface area contributed by atoms with Gasteiger partial charge >= 0.3 is 0 Å². The molecule has 0 saturated carbocycles. The summed E-state index contributed by atoms with van der Waals surface area (Å²) in [6.45, 7) is 9.86. The molecule has 0 unspecified atom stereocenters. The Labute approximate surface area is 124 Å². The van der Waals surface area contributed by atoms with Gasteiger partial charge < -0.3 is 9.80 Å². The minimum atomic E-state index is 1.18. The Morgan fingerprint density at radius 3 is 2.40 bits per heavy atom. The van der Waals surface area contributed by atoms with E-state index >= 15 is 0 Å². The van der Waals surface area contributed by atoms with Crippen LogP contribution in [0.3, 0.4) is 0 Å². The number of hydrogen-bond donors (Lipinski definition) is 0. The molecule has 1 fully saturated rings. The van der Waals surface area contributed by atoms with Crippen LogP contribution >= 0.6 is 0 Å². The highest BCUT2D eigenvalue weighted by atomic mass is 15.2. The largest absolute Gasteiger partial charge is 0.302 e. The normalized spacial score (nSPS) is 16.7. The van der Waals surface area contributed by atoms with E-state index in [9.17, 15) is 0 Å². The standard InChI is InChI=1S/C18H30N2/c1-2-12-19(15-11-18-9-5-3-6-10-18)16-17-20-13-7-4-8-14-20/h3,5-6,9-10H,2,4,7-8,11-17H2,1H3. The van der Waals surface area contributed by atoms with Gasteiger partial charge in [0.15, 0.2) is 0 Å². The molecule has 1 aromatic carbocycles. The fourth-order valence-corrected chi connectivity index (χ4v) is 3.05. The molecule has 0 N–H and O–H groups in total. The Hall–Kier alpha value is -0.860. The van der Waals surface area contributed by atoms with Gasteiger partial charge in [0.05, 0.1) is 0 Å². The lowest BCUT2D eigenvalue weighted by atomic mass is 10.1. The van der Waals surface area contributed by atoms with Crippen LogP contribution in [0.1, 0.15) is 38.2 Å². The molecule has 0 aromatic heterocycles. The summed E-state index contributed by atoms with van der Waals surface area (Å²) in [4.78, 5) is 5.29. The monoisotopic (exact) mass is 274 g/mol. The van der Waals surface area contributed by atoms with E-state index in [1.165, 1.54) is 76.9 Å². The van der Waals surface area contributed by atoms with Crippen LogP contribution < -0.4 is 0 Å². The molecule has 2 rings (SSSR count). The molecule has 1 aliphatic rings. The molecular weight excluding hydrogens is 244 g/mol. The predicted molar refractivity (Wildman–Crippen MR) is 87.2 cm³/mol. The summed E-state index contributed by atoms with van der Waals surface area (Å²) in [5.74, 6) is 0. The first-order chi connectivity index (χ1) is 9.88. The fraction of sp³-hybridized carbons (Fsp3) is 0.667. The molecule has 0 atom stereocenters. The SMILES string of the molecule is CCCN(CCc1ccccc1)CCN1CCCCC1. The molecule has 20 heavy (non-hydrogen) atoms. The van der Waals surface area contributed by atoms with Crippen molar-refractivity contribution < 1.29 is 0 Å². The maximum Gasteiger partial charge on any atom is 0.0109 e. The van der Waals surface area contributed by atoms with E-state index in [1.54, 1.807) is 0 Å². The van der Waals surface area contributed by atoms with Crippen LogP contribution in [0.4, 0.5) is 0 Å². The third-order valence-corrected chi connectivity index (χ3v) is 4.28. The van der Waals surface area contributed by atoms with Gasteiger partial charge in [0.1, 0.15) is 0 Å².